The number of carboxylic acid groups (broad SMARTS) is 1. The topological polar surface area (TPSA) is 366 Å². The van der Waals surface area contributed by atoms with Crippen LogP contribution in [0.1, 0.15) is 78.7 Å². The minimum atomic E-state index is -1.67. The van der Waals surface area contributed by atoms with Gasteiger partial charge in [-0.1, -0.05) is 64.4 Å². The SMILES string of the molecule is CC[C@H](C)[C@H](NC(=O)[C@H](C)NC(=O)[C@H](CO)NC(=O)[C@H](CCCCN(C)C)NC(=O)[C@H](Cc1ccccc1)NC(=O)[C@H](CO)NC(=O)CN)C(=O)N[C@@H](CC(=O)O)C(=O)N[C@@H](CC(C)C)C(=O)OC. The molecule has 69 heavy (non-hydrogen) atoms. The van der Waals surface area contributed by atoms with Crippen molar-refractivity contribution in [2.45, 2.75) is 128 Å². The molecule has 0 bridgehead atoms. The maximum absolute atomic E-state index is 13.9. The Balaban J connectivity index is 3.30. The molecular formula is C45H74N10O14. The van der Waals surface area contributed by atoms with Gasteiger partial charge in [-0.15, -0.1) is 0 Å². The summed E-state index contributed by atoms with van der Waals surface area (Å²) in [5.74, 6) is -10.1. The Labute approximate surface area is 402 Å². The number of aliphatic hydroxyl groups excluding tert-OH is 2. The third kappa shape index (κ3) is 22.6. The molecule has 0 aliphatic rings. The molecule has 1 aromatic carbocycles. The molecule has 24 heteroatoms. The lowest BCUT2D eigenvalue weighted by atomic mass is 9.97. The number of amides is 8. The summed E-state index contributed by atoms with van der Waals surface area (Å²) in [5, 5.41) is 49.1. The monoisotopic (exact) mass is 979 g/mol. The number of aliphatic hydroxyl groups is 2. The van der Waals surface area contributed by atoms with Crippen LogP contribution in [0.15, 0.2) is 30.3 Å². The minimum Gasteiger partial charge on any atom is -0.481 e. The Bertz CT molecular complexity index is 1870. The molecule has 1 rings (SSSR count). The van der Waals surface area contributed by atoms with E-state index < -0.39 is 140 Å². The number of rotatable bonds is 32. The predicted octanol–water partition coefficient (Wildman–Crippen LogP) is -3.46. The molecule has 1 aromatic rings. The van der Waals surface area contributed by atoms with Crippen LogP contribution in [-0.2, 0) is 59.1 Å². The number of hydrogen-bond donors (Lipinski definition) is 12. The molecule has 8 amide bonds. The molecule has 0 unspecified atom stereocenters. The lowest BCUT2D eigenvalue weighted by Gasteiger charge is -2.28. The summed E-state index contributed by atoms with van der Waals surface area (Å²) >= 11 is 0. The van der Waals surface area contributed by atoms with E-state index in [1.54, 1.807) is 58.0 Å². The average molecular weight is 979 g/mol. The van der Waals surface area contributed by atoms with E-state index in [4.69, 9.17) is 10.5 Å². The fraction of sp³-hybridized carbons (Fsp3) is 0.644. The molecular weight excluding hydrogens is 905 g/mol. The summed E-state index contributed by atoms with van der Waals surface area (Å²) in [6.07, 6.45) is 0.544. The zero-order valence-electron chi connectivity index (χ0n) is 40.8. The lowest BCUT2D eigenvalue weighted by Crippen LogP contribution is -2.61. The number of ether oxygens (including phenoxy) is 1. The first-order valence-corrected chi connectivity index (χ1v) is 22.8. The van der Waals surface area contributed by atoms with Gasteiger partial charge < -0.3 is 73.2 Å². The van der Waals surface area contributed by atoms with E-state index in [2.05, 4.69) is 42.5 Å². The van der Waals surface area contributed by atoms with Crippen molar-refractivity contribution in [2.75, 3.05) is 47.5 Å². The number of unbranched alkanes of at least 4 members (excludes halogenated alkanes) is 1. The molecule has 0 fully saturated rings. The van der Waals surface area contributed by atoms with E-state index >= 15 is 0 Å². The van der Waals surface area contributed by atoms with Crippen LogP contribution in [0, 0.1) is 11.8 Å². The highest BCUT2D eigenvalue weighted by Gasteiger charge is 2.36. The average Bonchev–Trinajstić information content (AvgIpc) is 3.30. The molecule has 0 aliphatic heterocycles. The van der Waals surface area contributed by atoms with E-state index in [1.807, 2.05) is 19.0 Å². The van der Waals surface area contributed by atoms with Crippen LogP contribution in [0.2, 0.25) is 0 Å². The number of nitrogens with two attached hydrogens (primary N) is 1. The third-order valence-electron chi connectivity index (χ3n) is 10.8. The second kappa shape index (κ2) is 31.7. The number of nitrogens with one attached hydrogen (secondary N) is 8. The number of benzene rings is 1. The van der Waals surface area contributed by atoms with E-state index in [0.29, 0.717) is 31.4 Å². The Kier molecular flexibility index (Phi) is 28.0. The van der Waals surface area contributed by atoms with Gasteiger partial charge in [-0.25, -0.2) is 4.79 Å². The van der Waals surface area contributed by atoms with Crippen molar-refractivity contribution in [3.8, 4) is 0 Å². The van der Waals surface area contributed by atoms with Crippen LogP contribution in [0.5, 0.6) is 0 Å². The van der Waals surface area contributed by atoms with Gasteiger partial charge in [-0.3, -0.25) is 43.2 Å². The van der Waals surface area contributed by atoms with Crippen molar-refractivity contribution in [1.82, 2.24) is 47.4 Å². The molecule has 13 N–H and O–H groups in total. The van der Waals surface area contributed by atoms with Gasteiger partial charge in [0, 0.05) is 6.42 Å². The van der Waals surface area contributed by atoms with E-state index in [-0.39, 0.29) is 25.2 Å². The third-order valence-corrected chi connectivity index (χ3v) is 10.8. The molecule has 0 radical (unpaired) electrons. The van der Waals surface area contributed by atoms with E-state index in [1.165, 1.54) is 6.92 Å². The Hall–Kier alpha value is -6.24. The number of carboxylic acids is 1. The van der Waals surface area contributed by atoms with Crippen LogP contribution in [0.25, 0.3) is 0 Å². The van der Waals surface area contributed by atoms with Gasteiger partial charge in [-0.2, -0.15) is 0 Å². The number of methoxy groups -OCH3 is 1. The Morgan fingerprint density at radius 2 is 1.14 bits per heavy atom. The highest BCUT2D eigenvalue weighted by atomic mass is 16.5. The molecule has 0 spiro atoms. The first kappa shape index (κ1) is 60.8. The molecule has 9 atom stereocenters. The number of nitrogens with zero attached hydrogens (tertiary/aromatic N) is 1. The van der Waals surface area contributed by atoms with E-state index in [0.717, 1.165) is 7.11 Å². The molecule has 0 aliphatic carbocycles. The smallest absolute Gasteiger partial charge is 0.328 e. The normalized spacial score (nSPS) is 15.0. The van der Waals surface area contributed by atoms with Crippen molar-refractivity contribution in [1.29, 1.82) is 0 Å². The quantitative estimate of drug-likeness (QED) is 0.0247. The van der Waals surface area contributed by atoms with Crippen molar-refractivity contribution >= 4 is 59.2 Å². The zero-order chi connectivity index (χ0) is 52.4. The molecule has 24 nitrogen and oxygen atoms in total. The fourth-order valence-electron chi connectivity index (χ4n) is 6.67. The second-order valence-corrected chi connectivity index (χ2v) is 17.3. The summed E-state index contributed by atoms with van der Waals surface area (Å²) in [5.41, 5.74) is 5.95. The Morgan fingerprint density at radius 3 is 1.68 bits per heavy atom. The van der Waals surface area contributed by atoms with Gasteiger partial charge in [0.1, 0.15) is 48.3 Å². The highest BCUT2D eigenvalue weighted by Crippen LogP contribution is 2.12. The van der Waals surface area contributed by atoms with Gasteiger partial charge >= 0.3 is 11.9 Å². The molecule has 0 saturated carbocycles. The van der Waals surface area contributed by atoms with E-state index in [9.17, 15) is 63.3 Å². The molecule has 0 aromatic heterocycles. The van der Waals surface area contributed by atoms with Crippen molar-refractivity contribution in [3.05, 3.63) is 35.9 Å². The first-order valence-electron chi connectivity index (χ1n) is 22.8. The van der Waals surface area contributed by atoms with Gasteiger partial charge in [0.15, 0.2) is 0 Å². The van der Waals surface area contributed by atoms with Gasteiger partial charge in [0.05, 0.1) is 33.3 Å². The maximum Gasteiger partial charge on any atom is 0.328 e. The first-order chi connectivity index (χ1) is 32.5. The summed E-state index contributed by atoms with van der Waals surface area (Å²) in [6.45, 7) is 6.53. The van der Waals surface area contributed by atoms with Crippen molar-refractivity contribution in [3.63, 3.8) is 0 Å². The number of esters is 1. The van der Waals surface area contributed by atoms with Crippen molar-refractivity contribution < 1.29 is 68.0 Å². The van der Waals surface area contributed by atoms with Crippen LogP contribution < -0.4 is 48.3 Å². The molecule has 388 valence electrons. The molecule has 0 heterocycles. The Morgan fingerprint density at radius 1 is 0.638 bits per heavy atom. The number of carbonyl (C=O) groups excluding carboxylic acids is 9. The summed E-state index contributed by atoms with van der Waals surface area (Å²) < 4.78 is 4.76. The highest BCUT2D eigenvalue weighted by molar-refractivity contribution is 5.98. The summed E-state index contributed by atoms with van der Waals surface area (Å²) in [4.78, 5) is 133. The number of aliphatic carboxylic acids is 1. The fourth-order valence-corrected chi connectivity index (χ4v) is 6.67. The van der Waals surface area contributed by atoms with Crippen molar-refractivity contribution in [2.24, 2.45) is 17.6 Å². The van der Waals surface area contributed by atoms with Crippen LogP contribution in [-0.4, -0.2) is 175 Å². The largest absolute Gasteiger partial charge is 0.481 e. The van der Waals surface area contributed by atoms with Crippen LogP contribution >= 0.6 is 0 Å². The van der Waals surface area contributed by atoms with Crippen LogP contribution in [0.3, 0.4) is 0 Å². The minimum absolute atomic E-state index is 0.0413. The molecule has 0 saturated heterocycles. The predicted molar refractivity (Wildman–Crippen MR) is 250 cm³/mol. The summed E-state index contributed by atoms with van der Waals surface area (Å²) in [7, 11) is 4.82. The van der Waals surface area contributed by atoms with Gasteiger partial charge in [0.2, 0.25) is 47.3 Å². The van der Waals surface area contributed by atoms with Crippen LogP contribution in [0.4, 0.5) is 0 Å². The summed E-state index contributed by atoms with van der Waals surface area (Å²) in [6, 6.07) is -2.83. The van der Waals surface area contributed by atoms with Gasteiger partial charge in [-0.05, 0) is 70.6 Å². The maximum atomic E-state index is 13.9. The second-order valence-electron chi connectivity index (χ2n) is 17.3. The standard InChI is InChI=1S/C45H74N10O14/c1-9-26(4)37(44(67)51-31(21-36(59)60)41(64)52-32(19-25(2)3)45(68)69-8)54-38(61)27(5)47-42(65)34(24-57)53-39(62)29(17-13-14-18-55(6)7)49-40(63)30(20-28-15-11-10-12-16-28)50-43(66)33(23-56)48-35(58)22-46/h10-12,15-16,25-27,29-34,37,56-57H,9,13-14,17-24,46H2,1-8H3,(H,47,65)(H,48,58)(H,49,63)(H,50,66)(H,51,67)(H,52,64)(H,53,62)(H,54,61)(H,59,60)/t26-,27-,29-,30-,31-,32-,33-,34-,37-/m0/s1. The van der Waals surface area contributed by atoms with Gasteiger partial charge in [0.25, 0.3) is 0 Å². The number of carbonyl (C=O) groups is 10. The number of hydrogen-bond acceptors (Lipinski definition) is 15. The zero-order valence-corrected chi connectivity index (χ0v) is 40.8. The lowest BCUT2D eigenvalue weighted by molar-refractivity contribution is -0.146.